The van der Waals surface area contributed by atoms with Crippen LogP contribution in [0.4, 0.5) is 0 Å². The molecule has 1 unspecified atom stereocenters. The van der Waals surface area contributed by atoms with Gasteiger partial charge in [0.15, 0.2) is 0 Å². The third-order valence-corrected chi connectivity index (χ3v) is 3.17. The van der Waals surface area contributed by atoms with E-state index in [1.165, 1.54) is 0 Å². The lowest BCUT2D eigenvalue weighted by Crippen LogP contribution is -2.24. The number of aliphatic hydroxyl groups excluding tert-OH is 1. The molecule has 1 atom stereocenters. The van der Waals surface area contributed by atoms with Gasteiger partial charge in [0.25, 0.3) is 0 Å². The van der Waals surface area contributed by atoms with Crippen molar-refractivity contribution in [3.8, 4) is 0 Å². The number of aliphatic hydroxyl groups is 1. The number of hydrogen-bond donors (Lipinski definition) is 3. The molecule has 2 aromatic carbocycles. The molecule has 0 aliphatic heterocycles. The summed E-state index contributed by atoms with van der Waals surface area (Å²) in [4.78, 5) is 11.1. The van der Waals surface area contributed by atoms with Crippen LogP contribution in [-0.2, 0) is 6.54 Å². The van der Waals surface area contributed by atoms with Crippen LogP contribution in [0.5, 0.6) is 0 Å². The topological polar surface area (TPSA) is 69.6 Å². The molecule has 2 aromatic rings. The van der Waals surface area contributed by atoms with Crippen molar-refractivity contribution >= 4 is 5.97 Å². The highest BCUT2D eigenvalue weighted by atomic mass is 16.4. The van der Waals surface area contributed by atoms with Crippen molar-refractivity contribution in [2.24, 2.45) is 0 Å². The fourth-order valence-corrected chi connectivity index (χ4v) is 2.09. The van der Waals surface area contributed by atoms with E-state index >= 15 is 0 Å². The first-order chi connectivity index (χ1) is 9.72. The second-order valence-corrected chi connectivity index (χ2v) is 4.49. The number of nitrogens with one attached hydrogen (secondary N) is 1. The van der Waals surface area contributed by atoms with Crippen LogP contribution < -0.4 is 5.32 Å². The highest BCUT2D eigenvalue weighted by Gasteiger charge is 2.12. The van der Waals surface area contributed by atoms with Crippen LogP contribution in [0.2, 0.25) is 0 Å². The SMILES string of the molecule is O=C(O)c1ccccc1CNC(CO)c1ccccc1. The van der Waals surface area contributed by atoms with E-state index in [1.54, 1.807) is 24.3 Å². The summed E-state index contributed by atoms with van der Waals surface area (Å²) >= 11 is 0. The van der Waals surface area contributed by atoms with Crippen LogP contribution in [0.3, 0.4) is 0 Å². The van der Waals surface area contributed by atoms with Crippen molar-refractivity contribution in [3.05, 3.63) is 71.3 Å². The highest BCUT2D eigenvalue weighted by molar-refractivity contribution is 5.89. The Labute approximate surface area is 117 Å². The zero-order chi connectivity index (χ0) is 14.4. The van der Waals surface area contributed by atoms with Gasteiger partial charge in [0.1, 0.15) is 0 Å². The number of benzene rings is 2. The Bertz CT molecular complexity index is 569. The zero-order valence-corrected chi connectivity index (χ0v) is 11.0. The second-order valence-electron chi connectivity index (χ2n) is 4.49. The van der Waals surface area contributed by atoms with Gasteiger partial charge in [-0.15, -0.1) is 0 Å². The predicted octanol–water partition coefficient (Wildman–Crippen LogP) is 2.21. The third-order valence-electron chi connectivity index (χ3n) is 3.17. The molecule has 0 amide bonds. The fourth-order valence-electron chi connectivity index (χ4n) is 2.09. The van der Waals surface area contributed by atoms with Gasteiger partial charge in [0.05, 0.1) is 18.2 Å². The largest absolute Gasteiger partial charge is 0.478 e. The standard InChI is InChI=1S/C16H17NO3/c18-11-15(12-6-2-1-3-7-12)17-10-13-8-4-5-9-14(13)16(19)20/h1-9,15,17-18H,10-11H2,(H,19,20). The Hall–Kier alpha value is -2.17. The first-order valence-electron chi connectivity index (χ1n) is 6.42. The van der Waals surface area contributed by atoms with E-state index < -0.39 is 5.97 Å². The van der Waals surface area contributed by atoms with E-state index in [4.69, 9.17) is 5.11 Å². The minimum Gasteiger partial charge on any atom is -0.478 e. The van der Waals surface area contributed by atoms with Crippen LogP contribution in [0, 0.1) is 0 Å². The Morgan fingerprint density at radius 2 is 1.70 bits per heavy atom. The molecule has 0 saturated carbocycles. The lowest BCUT2D eigenvalue weighted by molar-refractivity contribution is 0.0695. The van der Waals surface area contributed by atoms with Crippen molar-refractivity contribution in [1.29, 1.82) is 0 Å². The molecule has 4 heteroatoms. The Morgan fingerprint density at radius 3 is 2.35 bits per heavy atom. The van der Waals surface area contributed by atoms with Gasteiger partial charge in [-0.2, -0.15) is 0 Å². The summed E-state index contributed by atoms with van der Waals surface area (Å²) in [5.41, 5.74) is 1.96. The Balaban J connectivity index is 2.10. The maximum Gasteiger partial charge on any atom is 0.336 e. The Morgan fingerprint density at radius 1 is 1.05 bits per heavy atom. The van der Waals surface area contributed by atoms with Gasteiger partial charge in [-0.1, -0.05) is 48.5 Å². The second kappa shape index (κ2) is 6.84. The summed E-state index contributed by atoms with van der Waals surface area (Å²) in [7, 11) is 0. The zero-order valence-electron chi connectivity index (χ0n) is 11.0. The molecule has 20 heavy (non-hydrogen) atoms. The molecule has 0 radical (unpaired) electrons. The van der Waals surface area contributed by atoms with Gasteiger partial charge in [-0.3, -0.25) is 0 Å². The molecule has 0 fully saturated rings. The van der Waals surface area contributed by atoms with Crippen molar-refractivity contribution in [2.45, 2.75) is 12.6 Å². The Kier molecular flexibility index (Phi) is 4.87. The molecule has 3 N–H and O–H groups in total. The molecule has 0 heterocycles. The molecule has 0 aromatic heterocycles. The third kappa shape index (κ3) is 3.44. The average Bonchev–Trinajstić information content (AvgIpc) is 2.49. The number of carbonyl (C=O) groups is 1. The molecule has 0 saturated heterocycles. The van der Waals surface area contributed by atoms with E-state index in [1.807, 2.05) is 30.3 Å². The maximum absolute atomic E-state index is 11.1. The normalized spacial score (nSPS) is 12.1. The van der Waals surface area contributed by atoms with E-state index in [-0.39, 0.29) is 18.2 Å². The first-order valence-corrected chi connectivity index (χ1v) is 6.42. The van der Waals surface area contributed by atoms with Crippen LogP contribution in [0.15, 0.2) is 54.6 Å². The van der Waals surface area contributed by atoms with Crippen molar-refractivity contribution in [3.63, 3.8) is 0 Å². The van der Waals surface area contributed by atoms with Gasteiger partial charge in [-0.25, -0.2) is 4.79 Å². The van der Waals surface area contributed by atoms with Gasteiger partial charge in [0.2, 0.25) is 0 Å². The molecule has 4 nitrogen and oxygen atoms in total. The number of hydrogen-bond acceptors (Lipinski definition) is 3. The summed E-state index contributed by atoms with van der Waals surface area (Å²) in [6.07, 6.45) is 0. The van der Waals surface area contributed by atoms with Crippen LogP contribution >= 0.6 is 0 Å². The van der Waals surface area contributed by atoms with Crippen molar-refractivity contribution < 1.29 is 15.0 Å². The van der Waals surface area contributed by atoms with E-state index in [9.17, 15) is 9.90 Å². The minimum atomic E-state index is -0.942. The monoisotopic (exact) mass is 271 g/mol. The number of carboxylic acids is 1. The smallest absolute Gasteiger partial charge is 0.336 e. The van der Waals surface area contributed by atoms with Crippen molar-refractivity contribution in [2.75, 3.05) is 6.61 Å². The quantitative estimate of drug-likeness (QED) is 0.753. The van der Waals surface area contributed by atoms with Crippen molar-refractivity contribution in [1.82, 2.24) is 5.32 Å². The molecular formula is C16H17NO3. The van der Waals surface area contributed by atoms with E-state index in [2.05, 4.69) is 5.32 Å². The molecular weight excluding hydrogens is 254 g/mol. The fraction of sp³-hybridized carbons (Fsp3) is 0.188. The van der Waals surface area contributed by atoms with Gasteiger partial charge < -0.3 is 15.5 Å². The number of carboxylic acid groups (broad SMARTS) is 1. The number of aromatic carboxylic acids is 1. The van der Waals surface area contributed by atoms with E-state index in [0.717, 1.165) is 5.56 Å². The van der Waals surface area contributed by atoms with Crippen LogP contribution in [-0.4, -0.2) is 22.8 Å². The number of rotatable bonds is 6. The van der Waals surface area contributed by atoms with Crippen LogP contribution in [0.1, 0.15) is 27.5 Å². The lowest BCUT2D eigenvalue weighted by atomic mass is 10.1. The summed E-state index contributed by atoms with van der Waals surface area (Å²) in [6.45, 7) is 0.349. The molecule has 0 aliphatic carbocycles. The molecule has 0 spiro atoms. The summed E-state index contributed by atoms with van der Waals surface area (Å²) < 4.78 is 0. The predicted molar refractivity (Wildman–Crippen MR) is 76.5 cm³/mol. The molecule has 2 rings (SSSR count). The summed E-state index contributed by atoms with van der Waals surface area (Å²) in [6, 6.07) is 16.2. The molecule has 0 bridgehead atoms. The first kappa shape index (κ1) is 14.2. The highest BCUT2D eigenvalue weighted by Crippen LogP contribution is 2.14. The summed E-state index contributed by atoms with van der Waals surface area (Å²) in [5.74, 6) is -0.942. The molecule has 0 aliphatic rings. The van der Waals surface area contributed by atoms with Crippen LogP contribution in [0.25, 0.3) is 0 Å². The van der Waals surface area contributed by atoms with Gasteiger partial charge in [-0.05, 0) is 17.2 Å². The summed E-state index contributed by atoms with van der Waals surface area (Å²) in [5, 5.41) is 21.8. The average molecular weight is 271 g/mol. The van der Waals surface area contributed by atoms with Gasteiger partial charge in [0, 0.05) is 6.54 Å². The van der Waals surface area contributed by atoms with E-state index in [0.29, 0.717) is 12.1 Å². The maximum atomic E-state index is 11.1. The van der Waals surface area contributed by atoms with Gasteiger partial charge >= 0.3 is 5.97 Å². The lowest BCUT2D eigenvalue weighted by Gasteiger charge is -2.17. The minimum absolute atomic E-state index is 0.0424. The molecule has 104 valence electrons.